The van der Waals surface area contributed by atoms with Gasteiger partial charge in [-0.3, -0.25) is 9.36 Å². The van der Waals surface area contributed by atoms with Crippen molar-refractivity contribution in [1.29, 1.82) is 0 Å². The third-order valence-corrected chi connectivity index (χ3v) is 8.78. The molecule has 8 heteroatoms. The maximum atomic E-state index is 14.3. The van der Waals surface area contributed by atoms with Crippen molar-refractivity contribution < 1.29 is 14.3 Å². The maximum Gasteiger partial charge on any atom is 0.338 e. The molecule has 6 rings (SSSR count). The van der Waals surface area contributed by atoms with Crippen LogP contribution in [0.1, 0.15) is 46.6 Å². The molecule has 7 nitrogen and oxygen atoms in total. The monoisotopic (exact) mass is 603 g/mol. The molecule has 0 spiro atoms. The lowest BCUT2D eigenvalue weighted by Gasteiger charge is -2.26. The van der Waals surface area contributed by atoms with Crippen molar-refractivity contribution in [3.05, 3.63) is 144 Å². The molecular formula is C36H33N3O4S. The Kier molecular flexibility index (Phi) is 7.93. The first-order valence-corrected chi connectivity index (χ1v) is 15.3. The quantitative estimate of drug-likeness (QED) is 0.225. The van der Waals surface area contributed by atoms with Crippen molar-refractivity contribution in [3.63, 3.8) is 0 Å². The second-order valence-electron chi connectivity index (χ2n) is 10.7. The highest BCUT2D eigenvalue weighted by Gasteiger charge is 2.35. The number of esters is 1. The van der Waals surface area contributed by atoms with Crippen LogP contribution in [0.4, 0.5) is 0 Å². The first-order valence-electron chi connectivity index (χ1n) is 14.5. The highest BCUT2D eigenvalue weighted by atomic mass is 32.1. The molecule has 0 radical (unpaired) electrons. The van der Waals surface area contributed by atoms with Crippen LogP contribution in [0, 0.1) is 20.8 Å². The van der Waals surface area contributed by atoms with E-state index in [-0.39, 0.29) is 12.2 Å². The number of benzene rings is 3. The topological polar surface area (TPSA) is 74.8 Å². The van der Waals surface area contributed by atoms with Crippen molar-refractivity contribution in [2.75, 3.05) is 13.7 Å². The van der Waals surface area contributed by atoms with Gasteiger partial charge < -0.3 is 14.0 Å². The Labute approximate surface area is 259 Å². The van der Waals surface area contributed by atoms with Gasteiger partial charge >= 0.3 is 5.97 Å². The number of aryl methyl sites for hydroxylation is 2. The van der Waals surface area contributed by atoms with Crippen LogP contribution < -0.4 is 19.6 Å². The van der Waals surface area contributed by atoms with E-state index in [0.29, 0.717) is 26.4 Å². The number of thiazole rings is 1. The first kappa shape index (κ1) is 29.1. The third kappa shape index (κ3) is 5.22. The molecule has 0 amide bonds. The molecule has 2 aromatic heterocycles. The van der Waals surface area contributed by atoms with Crippen LogP contribution in [0.5, 0.6) is 5.75 Å². The lowest BCUT2D eigenvalue weighted by atomic mass is 9.93. The fourth-order valence-electron chi connectivity index (χ4n) is 5.81. The zero-order valence-electron chi connectivity index (χ0n) is 25.3. The molecule has 0 unspecified atom stereocenters. The van der Waals surface area contributed by atoms with E-state index in [1.807, 2.05) is 66.7 Å². The zero-order valence-corrected chi connectivity index (χ0v) is 26.1. The van der Waals surface area contributed by atoms with Crippen LogP contribution in [-0.4, -0.2) is 28.8 Å². The fourth-order valence-corrected chi connectivity index (χ4v) is 6.80. The fraction of sp³-hybridized carbons (Fsp3) is 0.194. The van der Waals surface area contributed by atoms with Crippen LogP contribution >= 0.6 is 11.3 Å². The van der Waals surface area contributed by atoms with E-state index < -0.39 is 12.0 Å². The van der Waals surface area contributed by atoms with Crippen molar-refractivity contribution in [2.45, 2.75) is 33.7 Å². The molecule has 0 N–H and O–H groups in total. The lowest BCUT2D eigenvalue weighted by molar-refractivity contribution is -0.138. The Morgan fingerprint density at radius 1 is 0.977 bits per heavy atom. The van der Waals surface area contributed by atoms with Gasteiger partial charge in [0.2, 0.25) is 0 Å². The second kappa shape index (κ2) is 12.0. The van der Waals surface area contributed by atoms with E-state index in [1.165, 1.54) is 16.9 Å². The number of aromatic nitrogens is 2. The number of hydrogen-bond donors (Lipinski definition) is 0. The average molecular weight is 604 g/mol. The number of methoxy groups -OCH3 is 1. The average Bonchev–Trinajstić information content (AvgIpc) is 3.50. The van der Waals surface area contributed by atoms with Gasteiger partial charge in [-0.25, -0.2) is 9.79 Å². The van der Waals surface area contributed by atoms with E-state index in [2.05, 4.69) is 49.6 Å². The summed E-state index contributed by atoms with van der Waals surface area (Å²) in [5, 5.41) is 0. The summed E-state index contributed by atoms with van der Waals surface area (Å²) >= 11 is 1.31. The van der Waals surface area contributed by atoms with E-state index in [0.717, 1.165) is 33.8 Å². The van der Waals surface area contributed by atoms with Crippen molar-refractivity contribution in [1.82, 2.24) is 9.13 Å². The van der Waals surface area contributed by atoms with Crippen LogP contribution in [-0.2, 0) is 9.53 Å². The third-order valence-electron chi connectivity index (χ3n) is 7.80. The van der Waals surface area contributed by atoms with Gasteiger partial charge in [-0.1, -0.05) is 65.9 Å². The highest BCUT2D eigenvalue weighted by Crippen LogP contribution is 2.36. The molecule has 222 valence electrons. The van der Waals surface area contributed by atoms with Gasteiger partial charge in [0.15, 0.2) is 4.80 Å². The van der Waals surface area contributed by atoms with Crippen LogP contribution in [0.15, 0.2) is 100 Å². The summed E-state index contributed by atoms with van der Waals surface area (Å²) in [5.41, 5.74) is 7.35. The van der Waals surface area contributed by atoms with Gasteiger partial charge in [0.05, 0.1) is 35.6 Å². The summed E-state index contributed by atoms with van der Waals surface area (Å²) in [4.78, 5) is 33.5. The molecule has 3 heterocycles. The van der Waals surface area contributed by atoms with Gasteiger partial charge in [-0.05, 0) is 80.8 Å². The van der Waals surface area contributed by atoms with Crippen molar-refractivity contribution in [3.8, 4) is 11.4 Å². The predicted molar refractivity (Wildman–Crippen MR) is 174 cm³/mol. The van der Waals surface area contributed by atoms with E-state index in [9.17, 15) is 9.59 Å². The summed E-state index contributed by atoms with van der Waals surface area (Å²) in [5.74, 6) is 0.105. The molecule has 5 aromatic rings. The van der Waals surface area contributed by atoms with E-state index in [4.69, 9.17) is 14.5 Å². The SMILES string of the molecule is CCOC(=O)C1=C(c2ccccc2)N=c2s/c(=C/c3cc(C)n(-c4cccc(C)c4)c3C)c(=O)n2[C@@H]1c1cccc(OC)c1. The largest absolute Gasteiger partial charge is 0.497 e. The van der Waals surface area contributed by atoms with Crippen LogP contribution in [0.2, 0.25) is 0 Å². The number of rotatable bonds is 7. The summed E-state index contributed by atoms with van der Waals surface area (Å²) in [7, 11) is 1.59. The number of carbonyl (C=O) groups excluding carboxylic acids is 1. The Bertz CT molecular complexity index is 2100. The summed E-state index contributed by atoms with van der Waals surface area (Å²) in [6.07, 6.45) is 1.93. The molecule has 1 aliphatic rings. The number of carbonyl (C=O) groups is 1. The molecule has 1 aliphatic heterocycles. The summed E-state index contributed by atoms with van der Waals surface area (Å²) < 4.78 is 15.4. The van der Waals surface area contributed by atoms with Crippen molar-refractivity contribution in [2.24, 2.45) is 4.99 Å². The molecule has 44 heavy (non-hydrogen) atoms. The molecule has 0 bridgehead atoms. The molecule has 0 saturated carbocycles. The molecule has 0 aliphatic carbocycles. The van der Waals surface area contributed by atoms with Gasteiger partial charge in [0.25, 0.3) is 5.56 Å². The molecule has 3 aromatic carbocycles. The molecule has 0 saturated heterocycles. The Morgan fingerprint density at radius 2 is 1.75 bits per heavy atom. The van der Waals surface area contributed by atoms with Gasteiger partial charge in [-0.15, -0.1) is 0 Å². The Hall–Kier alpha value is -4.95. The standard InChI is InChI=1S/C36H33N3O4S/c1-6-43-35(41)31-32(25-13-8-7-9-14-25)37-36-39(33(31)26-15-11-17-29(20-26)42-5)34(40)30(44-36)21-27-19-23(3)38(24(27)4)28-16-10-12-22(2)18-28/h7-21,33H,6H2,1-5H3/b30-21+/t33-/m1/s1. The zero-order chi connectivity index (χ0) is 31.0. The number of ether oxygens (including phenoxy) is 2. The predicted octanol–water partition coefficient (Wildman–Crippen LogP) is 5.66. The summed E-state index contributed by atoms with van der Waals surface area (Å²) in [6.45, 7) is 8.16. The van der Waals surface area contributed by atoms with Gasteiger partial charge in [-0.2, -0.15) is 0 Å². The molecular weight excluding hydrogens is 570 g/mol. The summed E-state index contributed by atoms with van der Waals surface area (Å²) in [6, 6.07) is 26.7. The molecule has 1 atom stereocenters. The van der Waals surface area contributed by atoms with Gasteiger partial charge in [0.1, 0.15) is 5.75 Å². The minimum atomic E-state index is -0.766. The normalized spacial score (nSPS) is 14.8. The Morgan fingerprint density at radius 3 is 2.48 bits per heavy atom. The number of fused-ring (bicyclic) bond motifs is 1. The van der Waals surface area contributed by atoms with E-state index >= 15 is 0 Å². The van der Waals surface area contributed by atoms with E-state index in [1.54, 1.807) is 18.6 Å². The van der Waals surface area contributed by atoms with Crippen LogP contribution in [0.3, 0.4) is 0 Å². The van der Waals surface area contributed by atoms with Crippen LogP contribution in [0.25, 0.3) is 17.5 Å². The van der Waals surface area contributed by atoms with Gasteiger partial charge in [0, 0.05) is 22.6 Å². The van der Waals surface area contributed by atoms with Crippen molar-refractivity contribution >= 4 is 29.1 Å². The second-order valence-corrected chi connectivity index (χ2v) is 11.7. The minimum Gasteiger partial charge on any atom is -0.497 e. The maximum absolute atomic E-state index is 14.3. The Balaban J connectivity index is 1.61. The smallest absolute Gasteiger partial charge is 0.338 e. The first-order chi connectivity index (χ1) is 21.3. The minimum absolute atomic E-state index is 0.191. The highest BCUT2D eigenvalue weighted by molar-refractivity contribution is 7.07. The molecule has 0 fully saturated rings. The number of hydrogen-bond acceptors (Lipinski definition) is 6. The lowest BCUT2D eigenvalue weighted by Crippen LogP contribution is -2.40. The number of nitrogens with zero attached hydrogens (tertiary/aromatic N) is 3.